The molecular weight excluding hydrogens is 370 g/mol. The standard InChI is InChI=1S/C21H27N5O3/c27-19-12-14-4-1-2-5-18(14)24-26(19)16-8-6-15(7-9-16)23-20(28)17-13-22-25-10-3-11-29-21(17)25/h12-13,15-16H,1-11H2,(H,23,28). The van der Waals surface area contributed by atoms with Crippen molar-refractivity contribution in [3.05, 3.63) is 39.4 Å². The van der Waals surface area contributed by atoms with E-state index in [9.17, 15) is 9.59 Å². The van der Waals surface area contributed by atoms with E-state index >= 15 is 0 Å². The van der Waals surface area contributed by atoms with Gasteiger partial charge in [-0.2, -0.15) is 10.2 Å². The summed E-state index contributed by atoms with van der Waals surface area (Å²) in [6.45, 7) is 1.41. The average molecular weight is 397 g/mol. The lowest BCUT2D eigenvalue weighted by Gasteiger charge is -2.30. The van der Waals surface area contributed by atoms with E-state index in [-0.39, 0.29) is 23.6 Å². The van der Waals surface area contributed by atoms with E-state index in [1.165, 1.54) is 0 Å². The van der Waals surface area contributed by atoms with Crippen LogP contribution in [0, 0.1) is 0 Å². The molecule has 0 aromatic carbocycles. The number of carbonyl (C=O) groups excluding carboxylic acids is 1. The number of aromatic nitrogens is 4. The van der Waals surface area contributed by atoms with Crippen molar-refractivity contribution in [3.63, 3.8) is 0 Å². The Morgan fingerprint density at radius 2 is 1.97 bits per heavy atom. The van der Waals surface area contributed by atoms with Gasteiger partial charge in [0, 0.05) is 25.1 Å². The number of amides is 1. The molecule has 3 heterocycles. The van der Waals surface area contributed by atoms with Gasteiger partial charge in [-0.15, -0.1) is 0 Å². The van der Waals surface area contributed by atoms with Gasteiger partial charge in [0.2, 0.25) is 5.88 Å². The number of rotatable bonds is 3. The van der Waals surface area contributed by atoms with Crippen molar-refractivity contribution in [2.45, 2.75) is 76.4 Å². The van der Waals surface area contributed by atoms with Crippen molar-refractivity contribution in [1.29, 1.82) is 0 Å². The molecule has 0 bridgehead atoms. The van der Waals surface area contributed by atoms with Gasteiger partial charge < -0.3 is 10.1 Å². The second-order valence-corrected chi connectivity index (χ2v) is 8.37. The Kier molecular flexibility index (Phi) is 4.85. The third kappa shape index (κ3) is 3.56. The second kappa shape index (κ2) is 7.65. The number of hydrogen-bond acceptors (Lipinski definition) is 5. The molecule has 29 heavy (non-hydrogen) atoms. The summed E-state index contributed by atoms with van der Waals surface area (Å²) in [6.07, 6.45) is 10.1. The van der Waals surface area contributed by atoms with Gasteiger partial charge in [0.25, 0.3) is 11.5 Å². The van der Waals surface area contributed by atoms with Crippen molar-refractivity contribution in [2.75, 3.05) is 6.61 Å². The minimum atomic E-state index is -0.124. The fourth-order valence-electron chi connectivity index (χ4n) is 4.79. The number of nitrogens with one attached hydrogen (secondary N) is 1. The van der Waals surface area contributed by atoms with Crippen LogP contribution in [-0.2, 0) is 19.4 Å². The summed E-state index contributed by atoms with van der Waals surface area (Å²) >= 11 is 0. The number of hydrogen-bond donors (Lipinski definition) is 1. The maximum absolute atomic E-state index is 12.7. The quantitative estimate of drug-likeness (QED) is 0.856. The molecule has 8 heteroatoms. The van der Waals surface area contributed by atoms with Gasteiger partial charge >= 0.3 is 0 Å². The van der Waals surface area contributed by atoms with Crippen LogP contribution in [0.5, 0.6) is 5.88 Å². The zero-order valence-electron chi connectivity index (χ0n) is 16.6. The smallest absolute Gasteiger partial charge is 0.267 e. The SMILES string of the molecule is O=C(NC1CCC(n2nc3c(cc2=O)CCCC3)CC1)c1cnn2c1OCCC2. The summed E-state index contributed by atoms with van der Waals surface area (Å²) in [5, 5.41) is 12.1. The van der Waals surface area contributed by atoms with Crippen molar-refractivity contribution >= 4 is 5.91 Å². The number of nitrogens with zero attached hydrogens (tertiary/aromatic N) is 4. The molecule has 1 saturated carbocycles. The van der Waals surface area contributed by atoms with Gasteiger partial charge in [0.05, 0.1) is 24.5 Å². The van der Waals surface area contributed by atoms with Gasteiger partial charge in [-0.25, -0.2) is 9.36 Å². The Hall–Kier alpha value is -2.64. The Bertz CT molecular complexity index is 971. The Labute approximate surface area is 169 Å². The highest BCUT2D eigenvalue weighted by molar-refractivity contribution is 5.96. The van der Waals surface area contributed by atoms with Crippen molar-refractivity contribution in [1.82, 2.24) is 24.9 Å². The van der Waals surface area contributed by atoms with Crippen LogP contribution < -0.4 is 15.6 Å². The van der Waals surface area contributed by atoms with Crippen molar-refractivity contribution in [3.8, 4) is 5.88 Å². The number of aryl methyl sites for hydroxylation is 3. The first-order valence-corrected chi connectivity index (χ1v) is 10.8. The molecule has 0 unspecified atom stereocenters. The predicted octanol–water partition coefficient (Wildman–Crippen LogP) is 2.01. The maximum Gasteiger partial charge on any atom is 0.267 e. The third-order valence-electron chi connectivity index (χ3n) is 6.40. The molecule has 5 rings (SSSR count). The van der Waals surface area contributed by atoms with E-state index in [2.05, 4.69) is 10.4 Å². The van der Waals surface area contributed by atoms with E-state index < -0.39 is 0 Å². The fourth-order valence-corrected chi connectivity index (χ4v) is 4.79. The highest BCUT2D eigenvalue weighted by Gasteiger charge is 2.28. The molecule has 2 aromatic heterocycles. The van der Waals surface area contributed by atoms with E-state index in [1.54, 1.807) is 21.6 Å². The van der Waals surface area contributed by atoms with E-state index in [0.717, 1.165) is 75.6 Å². The van der Waals surface area contributed by atoms with Gasteiger partial charge in [-0.05, 0) is 56.9 Å². The van der Waals surface area contributed by atoms with Gasteiger partial charge in [-0.1, -0.05) is 0 Å². The first kappa shape index (κ1) is 18.4. The first-order valence-electron chi connectivity index (χ1n) is 10.8. The summed E-state index contributed by atoms with van der Waals surface area (Å²) in [7, 11) is 0. The predicted molar refractivity (Wildman–Crippen MR) is 106 cm³/mol. The molecule has 2 aromatic rings. The summed E-state index contributed by atoms with van der Waals surface area (Å²) in [6, 6.07) is 2.01. The largest absolute Gasteiger partial charge is 0.477 e. The van der Waals surface area contributed by atoms with Gasteiger partial charge in [0.1, 0.15) is 5.56 Å². The van der Waals surface area contributed by atoms with Crippen LogP contribution in [0.2, 0.25) is 0 Å². The molecule has 154 valence electrons. The van der Waals surface area contributed by atoms with E-state index in [1.807, 2.05) is 0 Å². The monoisotopic (exact) mass is 397 g/mol. The fraction of sp³-hybridized carbons (Fsp3) is 0.619. The van der Waals surface area contributed by atoms with Crippen LogP contribution in [0.4, 0.5) is 0 Å². The summed E-state index contributed by atoms with van der Waals surface area (Å²) in [5.41, 5.74) is 2.75. The lowest BCUT2D eigenvalue weighted by molar-refractivity contribution is 0.0914. The second-order valence-electron chi connectivity index (χ2n) is 8.37. The van der Waals surface area contributed by atoms with Gasteiger partial charge in [-0.3, -0.25) is 9.59 Å². The Morgan fingerprint density at radius 1 is 1.14 bits per heavy atom. The maximum atomic E-state index is 12.7. The molecule has 0 atom stereocenters. The highest BCUT2D eigenvalue weighted by Crippen LogP contribution is 2.29. The highest BCUT2D eigenvalue weighted by atomic mass is 16.5. The zero-order chi connectivity index (χ0) is 19.8. The number of ether oxygens (including phenoxy) is 1. The number of fused-ring (bicyclic) bond motifs is 2. The molecule has 0 saturated heterocycles. The Balaban J connectivity index is 1.23. The van der Waals surface area contributed by atoms with Crippen LogP contribution in [-0.4, -0.2) is 38.1 Å². The van der Waals surface area contributed by atoms with Crippen LogP contribution in [0.1, 0.15) is 72.6 Å². The third-order valence-corrected chi connectivity index (χ3v) is 6.40. The lowest BCUT2D eigenvalue weighted by atomic mass is 9.90. The van der Waals surface area contributed by atoms with Crippen LogP contribution in [0.3, 0.4) is 0 Å². The molecule has 3 aliphatic rings. The molecule has 1 fully saturated rings. The Morgan fingerprint density at radius 3 is 2.83 bits per heavy atom. The molecular formula is C21H27N5O3. The molecule has 1 amide bonds. The number of carbonyl (C=O) groups is 1. The molecule has 2 aliphatic carbocycles. The first-order chi connectivity index (χ1) is 14.2. The zero-order valence-corrected chi connectivity index (χ0v) is 16.6. The average Bonchev–Trinajstić information content (AvgIpc) is 3.18. The molecule has 8 nitrogen and oxygen atoms in total. The molecule has 1 aliphatic heterocycles. The summed E-state index contributed by atoms with van der Waals surface area (Å²) in [5.74, 6) is 0.452. The van der Waals surface area contributed by atoms with Crippen LogP contribution in [0.25, 0.3) is 0 Å². The minimum Gasteiger partial charge on any atom is -0.477 e. The minimum absolute atomic E-state index is 0.0156. The normalized spacial score (nSPS) is 23.6. The van der Waals surface area contributed by atoms with E-state index in [4.69, 9.17) is 9.84 Å². The van der Waals surface area contributed by atoms with Crippen molar-refractivity contribution in [2.24, 2.45) is 0 Å². The summed E-state index contributed by atoms with van der Waals surface area (Å²) in [4.78, 5) is 25.2. The molecule has 0 spiro atoms. The van der Waals surface area contributed by atoms with Gasteiger partial charge in [0.15, 0.2) is 0 Å². The lowest BCUT2D eigenvalue weighted by Crippen LogP contribution is -2.40. The molecule has 1 N–H and O–H groups in total. The molecule has 0 radical (unpaired) electrons. The van der Waals surface area contributed by atoms with Crippen LogP contribution >= 0.6 is 0 Å². The van der Waals surface area contributed by atoms with Crippen LogP contribution in [0.15, 0.2) is 17.1 Å². The van der Waals surface area contributed by atoms with Crippen molar-refractivity contribution < 1.29 is 9.53 Å². The van der Waals surface area contributed by atoms with E-state index in [0.29, 0.717) is 18.1 Å². The topological polar surface area (TPSA) is 91.0 Å². The summed E-state index contributed by atoms with van der Waals surface area (Å²) < 4.78 is 9.08.